The number of carbonyl (C=O) groups is 2. The third kappa shape index (κ3) is 4.18. The minimum absolute atomic E-state index is 0.108. The van der Waals surface area contributed by atoms with Gasteiger partial charge in [-0.05, 0) is 20.8 Å². The molecule has 1 heterocycles. The fraction of sp³-hybridized carbons (Fsp3) is 0.353. The standard InChI is InChI=1S/C17H20N2O4/c1-11(2)19(9-8-16(20)21)17(22)15-10-14(18-23-15)13-6-4-12(3)5-7-13/h4-7,10-11H,8-9H2,1-3H3,(H,20,21). The molecule has 0 aliphatic carbocycles. The van der Waals surface area contributed by atoms with Gasteiger partial charge in [0.15, 0.2) is 0 Å². The number of nitrogens with zero attached hydrogens (tertiary/aromatic N) is 2. The minimum atomic E-state index is -0.943. The van der Waals surface area contributed by atoms with Crippen LogP contribution in [0.3, 0.4) is 0 Å². The number of carboxylic acid groups (broad SMARTS) is 1. The largest absolute Gasteiger partial charge is 0.481 e. The average molecular weight is 316 g/mol. The zero-order valence-electron chi connectivity index (χ0n) is 13.4. The summed E-state index contributed by atoms with van der Waals surface area (Å²) in [6.07, 6.45) is -0.108. The van der Waals surface area contributed by atoms with E-state index in [4.69, 9.17) is 9.63 Å². The molecular formula is C17H20N2O4. The van der Waals surface area contributed by atoms with Gasteiger partial charge in [-0.15, -0.1) is 0 Å². The van der Waals surface area contributed by atoms with E-state index in [1.807, 2.05) is 45.0 Å². The summed E-state index contributed by atoms with van der Waals surface area (Å²) in [6, 6.07) is 9.19. The maximum Gasteiger partial charge on any atom is 0.305 e. The highest BCUT2D eigenvalue weighted by Gasteiger charge is 2.23. The van der Waals surface area contributed by atoms with Gasteiger partial charge in [0.2, 0.25) is 5.76 Å². The number of carboxylic acids is 1. The van der Waals surface area contributed by atoms with Gasteiger partial charge in [-0.3, -0.25) is 9.59 Å². The molecule has 1 aromatic heterocycles. The number of benzene rings is 1. The van der Waals surface area contributed by atoms with E-state index < -0.39 is 5.97 Å². The van der Waals surface area contributed by atoms with E-state index in [0.717, 1.165) is 11.1 Å². The molecule has 0 aliphatic rings. The Bertz CT molecular complexity index is 689. The smallest absolute Gasteiger partial charge is 0.305 e. The number of rotatable bonds is 6. The van der Waals surface area contributed by atoms with Gasteiger partial charge in [0.05, 0.1) is 6.42 Å². The van der Waals surface area contributed by atoms with Crippen LogP contribution in [0.15, 0.2) is 34.9 Å². The summed E-state index contributed by atoms with van der Waals surface area (Å²) in [5.74, 6) is -1.19. The van der Waals surface area contributed by atoms with Crippen molar-refractivity contribution in [2.75, 3.05) is 6.54 Å². The Kier molecular flexibility index (Phi) is 5.16. The van der Waals surface area contributed by atoms with Gasteiger partial charge >= 0.3 is 5.97 Å². The normalized spacial score (nSPS) is 10.8. The quantitative estimate of drug-likeness (QED) is 0.885. The first-order chi connectivity index (χ1) is 10.9. The minimum Gasteiger partial charge on any atom is -0.481 e. The van der Waals surface area contributed by atoms with Gasteiger partial charge in [-0.25, -0.2) is 0 Å². The van der Waals surface area contributed by atoms with Crippen molar-refractivity contribution >= 4 is 11.9 Å². The van der Waals surface area contributed by atoms with E-state index in [1.165, 1.54) is 4.90 Å². The molecule has 6 nitrogen and oxygen atoms in total. The fourth-order valence-corrected chi connectivity index (χ4v) is 2.19. The fourth-order valence-electron chi connectivity index (χ4n) is 2.19. The molecule has 1 N–H and O–H groups in total. The molecule has 0 atom stereocenters. The van der Waals surface area contributed by atoms with Crippen molar-refractivity contribution in [1.29, 1.82) is 0 Å². The van der Waals surface area contributed by atoms with Crippen molar-refractivity contribution in [2.45, 2.75) is 33.2 Å². The Hall–Kier alpha value is -2.63. The Morgan fingerprint density at radius 2 is 1.91 bits per heavy atom. The summed E-state index contributed by atoms with van der Waals surface area (Å²) in [5, 5.41) is 12.7. The van der Waals surface area contributed by atoms with Crippen molar-refractivity contribution in [1.82, 2.24) is 10.1 Å². The molecule has 0 spiro atoms. The Balaban J connectivity index is 2.18. The molecule has 1 aromatic carbocycles. The van der Waals surface area contributed by atoms with Crippen molar-refractivity contribution in [2.24, 2.45) is 0 Å². The maximum atomic E-state index is 12.5. The van der Waals surface area contributed by atoms with Crippen molar-refractivity contribution in [3.05, 3.63) is 41.7 Å². The topological polar surface area (TPSA) is 83.6 Å². The zero-order valence-corrected chi connectivity index (χ0v) is 13.4. The molecule has 0 saturated carbocycles. The van der Waals surface area contributed by atoms with Gasteiger partial charge in [0, 0.05) is 24.2 Å². The van der Waals surface area contributed by atoms with Crippen LogP contribution in [-0.2, 0) is 4.79 Å². The summed E-state index contributed by atoms with van der Waals surface area (Å²) < 4.78 is 5.16. The molecule has 6 heteroatoms. The molecule has 0 bridgehead atoms. The van der Waals surface area contributed by atoms with E-state index in [9.17, 15) is 9.59 Å². The van der Waals surface area contributed by atoms with E-state index in [0.29, 0.717) is 5.69 Å². The van der Waals surface area contributed by atoms with E-state index in [-0.39, 0.29) is 30.7 Å². The first-order valence-corrected chi connectivity index (χ1v) is 7.45. The zero-order chi connectivity index (χ0) is 17.0. The van der Waals surface area contributed by atoms with Crippen LogP contribution >= 0.6 is 0 Å². The van der Waals surface area contributed by atoms with E-state index in [1.54, 1.807) is 6.07 Å². The third-order valence-corrected chi connectivity index (χ3v) is 3.52. The van der Waals surface area contributed by atoms with Crippen LogP contribution in [0.25, 0.3) is 11.3 Å². The number of carbonyl (C=O) groups excluding carboxylic acids is 1. The van der Waals surface area contributed by atoms with Crippen molar-refractivity contribution in [3.63, 3.8) is 0 Å². The predicted octanol–water partition coefficient (Wildman–Crippen LogP) is 2.98. The van der Waals surface area contributed by atoms with E-state index >= 15 is 0 Å². The van der Waals surface area contributed by atoms with Crippen molar-refractivity contribution < 1.29 is 19.2 Å². The lowest BCUT2D eigenvalue weighted by Crippen LogP contribution is -2.38. The summed E-state index contributed by atoms with van der Waals surface area (Å²) in [5.41, 5.74) is 2.57. The van der Waals surface area contributed by atoms with Crippen LogP contribution in [0, 0.1) is 6.92 Å². The highest BCUT2D eigenvalue weighted by molar-refractivity contribution is 5.92. The summed E-state index contributed by atoms with van der Waals surface area (Å²) in [4.78, 5) is 24.7. The molecule has 0 radical (unpaired) electrons. The van der Waals surface area contributed by atoms with Crippen LogP contribution in [0.4, 0.5) is 0 Å². The van der Waals surface area contributed by atoms with Crippen LogP contribution < -0.4 is 0 Å². The summed E-state index contributed by atoms with van der Waals surface area (Å²) >= 11 is 0. The second-order valence-corrected chi connectivity index (χ2v) is 5.68. The molecule has 122 valence electrons. The Labute approximate surface area is 134 Å². The number of aromatic nitrogens is 1. The highest BCUT2D eigenvalue weighted by Crippen LogP contribution is 2.21. The summed E-state index contributed by atoms with van der Waals surface area (Å²) in [6.45, 7) is 5.78. The van der Waals surface area contributed by atoms with Gasteiger partial charge in [0.1, 0.15) is 5.69 Å². The van der Waals surface area contributed by atoms with Gasteiger partial charge < -0.3 is 14.5 Å². The number of amides is 1. The maximum absolute atomic E-state index is 12.5. The van der Waals surface area contributed by atoms with Crippen LogP contribution in [-0.4, -0.2) is 39.6 Å². The number of hydrogen-bond acceptors (Lipinski definition) is 4. The number of hydrogen-bond donors (Lipinski definition) is 1. The predicted molar refractivity (Wildman–Crippen MR) is 85.1 cm³/mol. The first-order valence-electron chi connectivity index (χ1n) is 7.45. The Morgan fingerprint density at radius 3 is 2.48 bits per heavy atom. The molecule has 0 saturated heterocycles. The number of aliphatic carboxylic acids is 1. The van der Waals surface area contributed by atoms with Crippen LogP contribution in [0.1, 0.15) is 36.4 Å². The van der Waals surface area contributed by atoms with Gasteiger partial charge in [0.25, 0.3) is 5.91 Å². The second-order valence-electron chi connectivity index (χ2n) is 5.68. The second kappa shape index (κ2) is 7.09. The summed E-state index contributed by atoms with van der Waals surface area (Å²) in [7, 11) is 0. The molecule has 0 fully saturated rings. The molecular weight excluding hydrogens is 296 g/mol. The lowest BCUT2D eigenvalue weighted by Gasteiger charge is -2.24. The SMILES string of the molecule is Cc1ccc(-c2cc(C(=O)N(CCC(=O)O)C(C)C)on2)cc1. The highest BCUT2D eigenvalue weighted by atomic mass is 16.5. The van der Waals surface area contributed by atoms with Crippen molar-refractivity contribution in [3.8, 4) is 11.3 Å². The first kappa shape index (κ1) is 16.7. The van der Waals surface area contributed by atoms with Crippen LogP contribution in [0.2, 0.25) is 0 Å². The number of aryl methyl sites for hydroxylation is 1. The monoisotopic (exact) mass is 316 g/mol. The lowest BCUT2D eigenvalue weighted by molar-refractivity contribution is -0.137. The molecule has 23 heavy (non-hydrogen) atoms. The molecule has 0 aliphatic heterocycles. The van der Waals surface area contributed by atoms with Gasteiger partial charge in [-0.2, -0.15) is 0 Å². The molecule has 1 amide bonds. The molecule has 2 aromatic rings. The molecule has 2 rings (SSSR count). The third-order valence-electron chi connectivity index (χ3n) is 3.52. The van der Waals surface area contributed by atoms with Crippen LogP contribution in [0.5, 0.6) is 0 Å². The van der Waals surface area contributed by atoms with Gasteiger partial charge in [-0.1, -0.05) is 35.0 Å². The molecule has 0 unspecified atom stereocenters. The lowest BCUT2D eigenvalue weighted by atomic mass is 10.1. The van der Waals surface area contributed by atoms with E-state index in [2.05, 4.69) is 5.16 Å². The Morgan fingerprint density at radius 1 is 1.26 bits per heavy atom. The average Bonchev–Trinajstić information content (AvgIpc) is 2.97.